The molecule has 3 rings (SSSR count). The number of amides is 2. The molecular formula is C16H19FN4O2. The Hall–Kier alpha value is -2.41. The normalized spacial score (nSPS) is 15.2. The molecule has 1 atom stereocenters. The second-order valence-corrected chi connectivity index (χ2v) is 5.64. The van der Waals surface area contributed by atoms with E-state index in [1.165, 1.54) is 12.1 Å². The van der Waals surface area contributed by atoms with E-state index in [2.05, 4.69) is 20.2 Å². The van der Waals surface area contributed by atoms with Crippen LogP contribution in [0.25, 0.3) is 0 Å². The number of rotatable bonds is 6. The van der Waals surface area contributed by atoms with Gasteiger partial charge in [-0.15, -0.1) is 0 Å². The Balaban J connectivity index is 1.55. The minimum absolute atomic E-state index is 0.265. The maximum absolute atomic E-state index is 12.9. The second kappa shape index (κ2) is 6.78. The SMILES string of the molecule is O=C(NCc1cncn1C1CC1)N[C@H](CO)c1ccc(F)cc1. The summed E-state index contributed by atoms with van der Waals surface area (Å²) in [7, 11) is 0. The van der Waals surface area contributed by atoms with Crippen molar-refractivity contribution in [2.45, 2.75) is 31.5 Å². The van der Waals surface area contributed by atoms with Crippen LogP contribution in [0.4, 0.5) is 9.18 Å². The zero-order valence-corrected chi connectivity index (χ0v) is 12.6. The van der Waals surface area contributed by atoms with Crippen LogP contribution in [0.1, 0.15) is 36.2 Å². The van der Waals surface area contributed by atoms with Gasteiger partial charge in [0.2, 0.25) is 0 Å². The van der Waals surface area contributed by atoms with Crippen molar-refractivity contribution in [2.75, 3.05) is 6.61 Å². The molecule has 1 aliphatic rings. The van der Waals surface area contributed by atoms with Crippen LogP contribution in [0, 0.1) is 5.82 Å². The number of aromatic nitrogens is 2. The summed E-state index contributed by atoms with van der Waals surface area (Å²) in [5.41, 5.74) is 1.59. The first-order chi connectivity index (χ1) is 11.2. The average Bonchev–Trinajstić information content (AvgIpc) is 3.30. The number of aliphatic hydroxyl groups is 1. The first kappa shape index (κ1) is 15.5. The third kappa shape index (κ3) is 3.87. The van der Waals surface area contributed by atoms with Gasteiger partial charge in [-0.25, -0.2) is 14.2 Å². The van der Waals surface area contributed by atoms with E-state index in [1.807, 2.05) is 0 Å². The lowest BCUT2D eigenvalue weighted by Crippen LogP contribution is -2.39. The van der Waals surface area contributed by atoms with E-state index in [-0.39, 0.29) is 12.4 Å². The van der Waals surface area contributed by atoms with E-state index in [9.17, 15) is 14.3 Å². The van der Waals surface area contributed by atoms with Gasteiger partial charge in [0.25, 0.3) is 0 Å². The molecule has 0 spiro atoms. The van der Waals surface area contributed by atoms with Crippen molar-refractivity contribution >= 4 is 6.03 Å². The molecule has 2 aromatic rings. The molecule has 122 valence electrons. The van der Waals surface area contributed by atoms with Crippen LogP contribution in [-0.2, 0) is 6.54 Å². The van der Waals surface area contributed by atoms with Gasteiger partial charge in [-0.05, 0) is 30.5 Å². The van der Waals surface area contributed by atoms with Crippen LogP contribution in [0.5, 0.6) is 0 Å². The summed E-state index contributed by atoms with van der Waals surface area (Å²) in [6, 6.07) is 5.21. The standard InChI is InChI=1S/C16H19FN4O2/c17-12-3-1-11(2-4-12)15(9-22)20-16(23)19-8-14-7-18-10-21(14)13-5-6-13/h1-4,7,10,13,15,22H,5-6,8-9H2,(H2,19,20,23)/t15-/m1/s1. The molecule has 0 bridgehead atoms. The zero-order chi connectivity index (χ0) is 16.2. The summed E-state index contributed by atoms with van der Waals surface area (Å²) >= 11 is 0. The van der Waals surface area contributed by atoms with Crippen molar-refractivity contribution in [2.24, 2.45) is 0 Å². The van der Waals surface area contributed by atoms with E-state index >= 15 is 0 Å². The molecule has 7 heteroatoms. The summed E-state index contributed by atoms with van der Waals surface area (Å²) < 4.78 is 15.0. The quantitative estimate of drug-likeness (QED) is 0.761. The Morgan fingerprint density at radius 1 is 1.39 bits per heavy atom. The van der Waals surface area contributed by atoms with Crippen molar-refractivity contribution in [3.8, 4) is 0 Å². The lowest BCUT2D eigenvalue weighted by molar-refractivity contribution is 0.216. The molecule has 0 aliphatic heterocycles. The first-order valence-corrected chi connectivity index (χ1v) is 7.58. The lowest BCUT2D eigenvalue weighted by atomic mass is 10.1. The largest absolute Gasteiger partial charge is 0.394 e. The molecular weight excluding hydrogens is 299 g/mol. The molecule has 1 heterocycles. The van der Waals surface area contributed by atoms with Gasteiger partial charge >= 0.3 is 6.03 Å². The Morgan fingerprint density at radius 3 is 2.78 bits per heavy atom. The minimum Gasteiger partial charge on any atom is -0.394 e. The van der Waals surface area contributed by atoms with Gasteiger partial charge in [0.15, 0.2) is 0 Å². The highest BCUT2D eigenvalue weighted by molar-refractivity contribution is 5.74. The Kier molecular flexibility index (Phi) is 4.57. The van der Waals surface area contributed by atoms with Gasteiger partial charge in [0.1, 0.15) is 5.82 Å². The van der Waals surface area contributed by atoms with Gasteiger partial charge in [-0.3, -0.25) is 0 Å². The molecule has 1 saturated carbocycles. The molecule has 6 nitrogen and oxygen atoms in total. The monoisotopic (exact) mass is 318 g/mol. The van der Waals surface area contributed by atoms with Gasteiger partial charge < -0.3 is 20.3 Å². The van der Waals surface area contributed by atoms with Gasteiger partial charge in [-0.1, -0.05) is 12.1 Å². The van der Waals surface area contributed by atoms with Gasteiger partial charge in [0, 0.05) is 12.2 Å². The molecule has 1 fully saturated rings. The number of hydrogen-bond donors (Lipinski definition) is 3. The molecule has 0 saturated heterocycles. The zero-order valence-electron chi connectivity index (χ0n) is 12.6. The predicted molar refractivity (Wildman–Crippen MR) is 82.1 cm³/mol. The van der Waals surface area contributed by atoms with Crippen LogP contribution in [0.3, 0.4) is 0 Å². The van der Waals surface area contributed by atoms with Crippen LogP contribution >= 0.6 is 0 Å². The highest BCUT2D eigenvalue weighted by Gasteiger charge is 2.25. The Bertz CT molecular complexity index is 667. The van der Waals surface area contributed by atoms with Crippen molar-refractivity contribution in [3.63, 3.8) is 0 Å². The third-order valence-electron chi connectivity index (χ3n) is 3.88. The van der Waals surface area contributed by atoms with Crippen LogP contribution in [-0.4, -0.2) is 27.3 Å². The molecule has 2 amide bonds. The number of hydrogen-bond acceptors (Lipinski definition) is 3. The predicted octanol–water partition coefficient (Wildman–Crippen LogP) is 1.89. The van der Waals surface area contributed by atoms with Gasteiger partial charge in [0.05, 0.1) is 31.2 Å². The van der Waals surface area contributed by atoms with Crippen LogP contribution < -0.4 is 10.6 Å². The average molecular weight is 318 g/mol. The number of carbonyl (C=O) groups is 1. The van der Waals surface area contributed by atoms with E-state index in [1.54, 1.807) is 24.7 Å². The number of benzene rings is 1. The number of halogens is 1. The van der Waals surface area contributed by atoms with Crippen molar-refractivity contribution in [1.29, 1.82) is 0 Å². The fourth-order valence-electron chi connectivity index (χ4n) is 2.46. The highest BCUT2D eigenvalue weighted by atomic mass is 19.1. The molecule has 1 aromatic carbocycles. The second-order valence-electron chi connectivity index (χ2n) is 5.64. The third-order valence-corrected chi connectivity index (χ3v) is 3.88. The summed E-state index contributed by atoms with van der Waals surface area (Å²) in [4.78, 5) is 16.1. The number of nitrogens with one attached hydrogen (secondary N) is 2. The molecule has 1 aliphatic carbocycles. The van der Waals surface area contributed by atoms with Crippen molar-refractivity contribution in [1.82, 2.24) is 20.2 Å². The Labute approximate surface area is 133 Å². The van der Waals surface area contributed by atoms with E-state index < -0.39 is 12.1 Å². The lowest BCUT2D eigenvalue weighted by Gasteiger charge is -2.17. The van der Waals surface area contributed by atoms with E-state index in [4.69, 9.17) is 0 Å². The number of imidazole rings is 1. The summed E-state index contributed by atoms with van der Waals surface area (Å²) in [6.45, 7) is 0.100. The van der Waals surface area contributed by atoms with Crippen LogP contribution in [0.15, 0.2) is 36.8 Å². The fraction of sp³-hybridized carbons (Fsp3) is 0.375. The summed E-state index contributed by atoms with van der Waals surface area (Å²) in [6.07, 6.45) is 5.81. The Morgan fingerprint density at radius 2 is 2.13 bits per heavy atom. The molecule has 0 unspecified atom stereocenters. The maximum atomic E-state index is 12.9. The van der Waals surface area contributed by atoms with Gasteiger partial charge in [-0.2, -0.15) is 0 Å². The molecule has 0 radical (unpaired) electrons. The topological polar surface area (TPSA) is 79.2 Å². The number of carbonyl (C=O) groups excluding carboxylic acids is 1. The van der Waals surface area contributed by atoms with Crippen LogP contribution in [0.2, 0.25) is 0 Å². The van der Waals surface area contributed by atoms with E-state index in [0.29, 0.717) is 18.2 Å². The van der Waals surface area contributed by atoms with Crippen molar-refractivity contribution in [3.05, 3.63) is 53.9 Å². The summed E-state index contributed by atoms with van der Waals surface area (Å²) in [5, 5.41) is 14.9. The highest BCUT2D eigenvalue weighted by Crippen LogP contribution is 2.35. The number of urea groups is 1. The number of nitrogens with zero attached hydrogens (tertiary/aromatic N) is 2. The maximum Gasteiger partial charge on any atom is 0.315 e. The smallest absolute Gasteiger partial charge is 0.315 e. The number of aliphatic hydroxyl groups excluding tert-OH is 1. The molecule has 23 heavy (non-hydrogen) atoms. The fourth-order valence-corrected chi connectivity index (χ4v) is 2.46. The van der Waals surface area contributed by atoms with Crippen molar-refractivity contribution < 1.29 is 14.3 Å². The molecule has 3 N–H and O–H groups in total. The summed E-state index contributed by atoms with van der Waals surface area (Å²) in [5.74, 6) is -0.358. The molecule has 1 aromatic heterocycles. The first-order valence-electron chi connectivity index (χ1n) is 7.58. The van der Waals surface area contributed by atoms with E-state index in [0.717, 1.165) is 18.5 Å². The minimum atomic E-state index is -0.580.